The zero-order valence-electron chi connectivity index (χ0n) is 7.76. The SMILES string of the molecule is CCc1[c]c(CC)c([N+](=O)[O-])[c]c1. The van der Waals surface area contributed by atoms with Gasteiger partial charge in [0.2, 0.25) is 0 Å². The molecule has 0 fully saturated rings. The molecule has 1 aromatic rings. The van der Waals surface area contributed by atoms with Crippen LogP contribution in [0.4, 0.5) is 5.69 Å². The molecule has 68 valence electrons. The number of hydrogen-bond acceptors (Lipinski definition) is 2. The molecule has 13 heavy (non-hydrogen) atoms. The first kappa shape index (κ1) is 9.71. The Kier molecular flexibility index (Phi) is 3.01. The van der Waals surface area contributed by atoms with E-state index < -0.39 is 4.92 Å². The van der Waals surface area contributed by atoms with Crippen LogP contribution in [0.1, 0.15) is 25.0 Å². The van der Waals surface area contributed by atoms with E-state index in [-0.39, 0.29) is 5.69 Å². The number of aryl methyl sites for hydroxylation is 2. The number of nitrogens with zero attached hydrogens (tertiary/aromatic N) is 1. The Morgan fingerprint density at radius 2 is 2.15 bits per heavy atom. The van der Waals surface area contributed by atoms with Gasteiger partial charge in [-0.25, -0.2) is 0 Å². The van der Waals surface area contributed by atoms with E-state index in [2.05, 4.69) is 12.1 Å². The van der Waals surface area contributed by atoms with Gasteiger partial charge in [0.15, 0.2) is 0 Å². The molecule has 1 rings (SSSR count). The Balaban J connectivity index is 3.15. The smallest absolute Gasteiger partial charge is 0.258 e. The van der Waals surface area contributed by atoms with Crippen molar-refractivity contribution in [2.75, 3.05) is 0 Å². The summed E-state index contributed by atoms with van der Waals surface area (Å²) in [7, 11) is 0. The van der Waals surface area contributed by atoms with Crippen LogP contribution in [0, 0.1) is 22.2 Å². The number of nitro benzene ring substituents is 1. The molecule has 0 heterocycles. The molecule has 3 heteroatoms. The highest BCUT2D eigenvalue weighted by Gasteiger charge is 2.12. The molecular formula is C10H11NO2. The Morgan fingerprint density at radius 1 is 1.46 bits per heavy atom. The number of benzene rings is 1. The molecule has 0 aliphatic carbocycles. The standard InChI is InChI=1S/C10H11NO2/c1-3-8-5-6-10(11(12)13)9(4-2)7-8/h5H,3-4H2,1-2H3. The van der Waals surface area contributed by atoms with Crippen LogP contribution in [0.5, 0.6) is 0 Å². The Hall–Kier alpha value is -1.38. The van der Waals surface area contributed by atoms with Gasteiger partial charge in [0.05, 0.1) is 11.0 Å². The third kappa shape index (κ3) is 2.05. The van der Waals surface area contributed by atoms with Crippen molar-refractivity contribution in [1.29, 1.82) is 0 Å². The van der Waals surface area contributed by atoms with Gasteiger partial charge in [-0.15, -0.1) is 0 Å². The van der Waals surface area contributed by atoms with E-state index in [1.54, 1.807) is 6.07 Å². The van der Waals surface area contributed by atoms with E-state index >= 15 is 0 Å². The van der Waals surface area contributed by atoms with Crippen molar-refractivity contribution in [3.63, 3.8) is 0 Å². The molecule has 1 aromatic carbocycles. The summed E-state index contributed by atoms with van der Waals surface area (Å²) >= 11 is 0. The van der Waals surface area contributed by atoms with E-state index in [0.29, 0.717) is 12.0 Å². The molecule has 0 bridgehead atoms. The van der Waals surface area contributed by atoms with Gasteiger partial charge in [-0.05, 0) is 30.5 Å². The predicted octanol–water partition coefficient (Wildman–Crippen LogP) is 2.32. The van der Waals surface area contributed by atoms with Gasteiger partial charge in [-0.3, -0.25) is 10.1 Å². The summed E-state index contributed by atoms with van der Waals surface area (Å²) in [6.45, 7) is 3.87. The fourth-order valence-electron chi connectivity index (χ4n) is 1.14. The van der Waals surface area contributed by atoms with E-state index in [9.17, 15) is 10.1 Å². The van der Waals surface area contributed by atoms with Crippen LogP contribution in [0.25, 0.3) is 0 Å². The summed E-state index contributed by atoms with van der Waals surface area (Å²) in [5, 5.41) is 10.5. The first-order valence-electron chi connectivity index (χ1n) is 4.29. The number of hydrogen-bond donors (Lipinski definition) is 0. The van der Waals surface area contributed by atoms with Crippen molar-refractivity contribution in [1.82, 2.24) is 0 Å². The first-order valence-corrected chi connectivity index (χ1v) is 4.29. The van der Waals surface area contributed by atoms with E-state index in [1.165, 1.54) is 0 Å². The summed E-state index contributed by atoms with van der Waals surface area (Å²) in [5.41, 5.74) is 1.67. The highest BCUT2D eigenvalue weighted by molar-refractivity contribution is 5.40. The molecule has 0 amide bonds. The van der Waals surface area contributed by atoms with Crippen LogP contribution < -0.4 is 0 Å². The van der Waals surface area contributed by atoms with Crippen molar-refractivity contribution in [2.45, 2.75) is 26.7 Å². The maximum Gasteiger partial charge on any atom is 0.281 e. The minimum atomic E-state index is -0.408. The lowest BCUT2D eigenvalue weighted by Gasteiger charge is -2.00. The van der Waals surface area contributed by atoms with Crippen molar-refractivity contribution >= 4 is 5.69 Å². The maximum atomic E-state index is 10.5. The maximum absolute atomic E-state index is 10.5. The zero-order valence-corrected chi connectivity index (χ0v) is 7.76. The summed E-state index contributed by atoms with van der Waals surface area (Å²) in [5.74, 6) is 0. The number of rotatable bonds is 3. The first-order chi connectivity index (χ1) is 6.19. The van der Waals surface area contributed by atoms with Gasteiger partial charge in [0, 0.05) is 5.56 Å². The lowest BCUT2D eigenvalue weighted by Crippen LogP contribution is -1.96. The van der Waals surface area contributed by atoms with Crippen LogP contribution in [0.2, 0.25) is 0 Å². The van der Waals surface area contributed by atoms with Crippen molar-refractivity contribution in [2.24, 2.45) is 0 Å². The fraction of sp³-hybridized carbons (Fsp3) is 0.400. The van der Waals surface area contributed by atoms with Gasteiger partial charge < -0.3 is 0 Å². The Bertz CT molecular complexity index is 321. The minimum Gasteiger partial charge on any atom is -0.258 e. The summed E-state index contributed by atoms with van der Waals surface area (Å²) < 4.78 is 0. The van der Waals surface area contributed by atoms with Gasteiger partial charge in [-0.2, -0.15) is 0 Å². The molecular weight excluding hydrogens is 166 g/mol. The average molecular weight is 177 g/mol. The molecule has 3 nitrogen and oxygen atoms in total. The van der Waals surface area contributed by atoms with Crippen LogP contribution in [-0.4, -0.2) is 4.92 Å². The normalized spacial score (nSPS) is 10.0. The lowest BCUT2D eigenvalue weighted by atomic mass is 10.1. The molecule has 0 aliphatic heterocycles. The minimum absolute atomic E-state index is 0.0553. The summed E-state index contributed by atoms with van der Waals surface area (Å²) in [4.78, 5) is 10.1. The van der Waals surface area contributed by atoms with Gasteiger partial charge in [-0.1, -0.05) is 13.8 Å². The average Bonchev–Trinajstić information content (AvgIpc) is 2.16. The molecule has 0 aliphatic rings. The molecule has 0 saturated carbocycles. The predicted molar refractivity (Wildman–Crippen MR) is 49.5 cm³/mol. The molecule has 0 N–H and O–H groups in total. The van der Waals surface area contributed by atoms with Crippen LogP contribution in [-0.2, 0) is 12.8 Å². The third-order valence-electron chi connectivity index (χ3n) is 1.90. The molecule has 0 unspecified atom stereocenters. The van der Waals surface area contributed by atoms with Gasteiger partial charge in [0.1, 0.15) is 0 Å². The van der Waals surface area contributed by atoms with E-state index in [0.717, 1.165) is 12.0 Å². The molecule has 0 aromatic heterocycles. The summed E-state index contributed by atoms with van der Waals surface area (Å²) in [6.07, 6.45) is 1.46. The van der Waals surface area contributed by atoms with Gasteiger partial charge in [0.25, 0.3) is 5.69 Å². The highest BCUT2D eigenvalue weighted by atomic mass is 16.6. The fourth-order valence-corrected chi connectivity index (χ4v) is 1.14. The lowest BCUT2D eigenvalue weighted by molar-refractivity contribution is -0.385. The molecule has 0 spiro atoms. The second kappa shape index (κ2) is 4.03. The van der Waals surface area contributed by atoms with Crippen molar-refractivity contribution < 1.29 is 4.92 Å². The topological polar surface area (TPSA) is 43.1 Å². The molecule has 0 atom stereocenters. The third-order valence-corrected chi connectivity index (χ3v) is 1.90. The summed E-state index contributed by atoms with van der Waals surface area (Å²) in [6, 6.07) is 7.33. The second-order valence-electron chi connectivity index (χ2n) is 2.73. The molecule has 2 radical (unpaired) electrons. The van der Waals surface area contributed by atoms with E-state index in [1.807, 2.05) is 13.8 Å². The zero-order chi connectivity index (χ0) is 9.84. The molecule has 0 saturated heterocycles. The second-order valence-corrected chi connectivity index (χ2v) is 2.73. The Labute approximate surface area is 77.5 Å². The Morgan fingerprint density at radius 3 is 2.62 bits per heavy atom. The number of nitro groups is 1. The monoisotopic (exact) mass is 177 g/mol. The van der Waals surface area contributed by atoms with Gasteiger partial charge >= 0.3 is 0 Å². The highest BCUT2D eigenvalue weighted by Crippen LogP contribution is 2.19. The van der Waals surface area contributed by atoms with E-state index in [4.69, 9.17) is 0 Å². The van der Waals surface area contributed by atoms with Crippen LogP contribution in [0.15, 0.2) is 6.07 Å². The largest absolute Gasteiger partial charge is 0.281 e. The van der Waals surface area contributed by atoms with Crippen LogP contribution >= 0.6 is 0 Å². The van der Waals surface area contributed by atoms with Crippen molar-refractivity contribution in [3.8, 4) is 0 Å². The van der Waals surface area contributed by atoms with Crippen molar-refractivity contribution in [3.05, 3.63) is 39.4 Å². The van der Waals surface area contributed by atoms with Crippen LogP contribution in [0.3, 0.4) is 0 Å². The quantitative estimate of drug-likeness (QED) is 0.525.